The molecule has 0 aliphatic heterocycles. The summed E-state index contributed by atoms with van der Waals surface area (Å²) in [6.07, 6.45) is 9.01. The number of rotatable bonds is 7. The maximum atomic E-state index is 5.30. The molecule has 6 aromatic rings. The lowest BCUT2D eigenvalue weighted by molar-refractivity contribution is 0.397. The highest BCUT2D eigenvalue weighted by Gasteiger charge is 2.23. The Bertz CT molecular complexity index is 1730. The van der Waals surface area contributed by atoms with Crippen LogP contribution in [0.5, 0.6) is 5.88 Å². The van der Waals surface area contributed by atoms with E-state index in [4.69, 9.17) is 19.9 Å². The van der Waals surface area contributed by atoms with Crippen LogP contribution in [-0.4, -0.2) is 51.0 Å². The molecule has 0 fully saturated rings. The van der Waals surface area contributed by atoms with Crippen LogP contribution in [0.3, 0.4) is 0 Å². The van der Waals surface area contributed by atoms with Crippen LogP contribution in [-0.2, 0) is 7.05 Å². The number of hydrogen-bond donors (Lipinski definition) is 1. The van der Waals surface area contributed by atoms with Gasteiger partial charge in [0, 0.05) is 55.1 Å². The fraction of sp³-hybridized carbons (Fsp3) is 0.185. The lowest BCUT2D eigenvalue weighted by atomic mass is 10.0. The zero-order valence-electron chi connectivity index (χ0n) is 21.4. The molecule has 38 heavy (non-hydrogen) atoms. The SMILES string of the molecule is COc1cc(Nc2nc(-c3nccn3C)nn3cc(-c4ccn(C(C)C)n4)c(-c4ccccc4)c23)ncn1. The van der Waals surface area contributed by atoms with Gasteiger partial charge in [-0.05, 0) is 25.5 Å². The number of nitrogens with one attached hydrogen (secondary N) is 1. The minimum atomic E-state index is 0.237. The molecule has 0 bridgehead atoms. The standard InChI is InChI=1S/C27H26N10O/c1-17(2)36-12-10-20(33-36)19-15-37-24(23(19)18-8-6-5-7-9-18)25(31-21-14-22(38-4)30-16-29-21)32-26(34-37)27-28-11-13-35(27)3/h5-17H,1-4H3,(H,29,30,31,32,34). The van der Waals surface area contributed by atoms with Gasteiger partial charge < -0.3 is 14.6 Å². The van der Waals surface area contributed by atoms with Crippen LogP contribution in [0.4, 0.5) is 11.6 Å². The van der Waals surface area contributed by atoms with Gasteiger partial charge in [-0.25, -0.2) is 24.5 Å². The van der Waals surface area contributed by atoms with E-state index >= 15 is 0 Å². The van der Waals surface area contributed by atoms with Gasteiger partial charge in [-0.1, -0.05) is 30.3 Å². The first-order chi connectivity index (χ1) is 18.5. The quantitative estimate of drug-likeness (QED) is 0.329. The molecule has 5 aromatic heterocycles. The Labute approximate surface area is 218 Å². The molecule has 6 rings (SSSR count). The van der Waals surface area contributed by atoms with Crippen molar-refractivity contribution in [3.63, 3.8) is 0 Å². The Kier molecular flexibility index (Phi) is 5.79. The molecular weight excluding hydrogens is 480 g/mol. The number of imidazole rings is 1. The van der Waals surface area contributed by atoms with Crippen molar-refractivity contribution in [1.82, 2.24) is 43.9 Å². The number of nitrogens with zero attached hydrogens (tertiary/aromatic N) is 9. The van der Waals surface area contributed by atoms with Crippen LogP contribution < -0.4 is 10.1 Å². The van der Waals surface area contributed by atoms with E-state index in [0.717, 1.165) is 27.9 Å². The Morgan fingerprint density at radius 2 is 1.82 bits per heavy atom. The zero-order chi connectivity index (χ0) is 26.2. The van der Waals surface area contributed by atoms with E-state index in [9.17, 15) is 0 Å². The number of ether oxygens (including phenoxy) is 1. The van der Waals surface area contributed by atoms with Crippen molar-refractivity contribution < 1.29 is 4.74 Å². The number of benzene rings is 1. The van der Waals surface area contributed by atoms with Crippen LogP contribution >= 0.6 is 0 Å². The van der Waals surface area contributed by atoms with Crippen LogP contribution in [0.15, 0.2) is 73.6 Å². The highest BCUT2D eigenvalue weighted by atomic mass is 16.5. The van der Waals surface area contributed by atoms with Gasteiger partial charge in [0.1, 0.15) is 17.7 Å². The van der Waals surface area contributed by atoms with Crippen molar-refractivity contribution >= 4 is 17.2 Å². The molecule has 0 aliphatic carbocycles. The molecule has 0 radical (unpaired) electrons. The van der Waals surface area contributed by atoms with Gasteiger partial charge in [0.05, 0.1) is 12.8 Å². The topological polar surface area (TPSA) is 113 Å². The molecule has 0 atom stereocenters. The van der Waals surface area contributed by atoms with Crippen molar-refractivity contribution in [2.45, 2.75) is 19.9 Å². The second-order valence-electron chi connectivity index (χ2n) is 9.07. The molecule has 0 amide bonds. The van der Waals surface area contributed by atoms with E-state index in [2.05, 4.69) is 46.2 Å². The number of hydrogen-bond acceptors (Lipinski definition) is 8. The van der Waals surface area contributed by atoms with E-state index in [0.29, 0.717) is 29.2 Å². The van der Waals surface area contributed by atoms with Gasteiger partial charge >= 0.3 is 0 Å². The predicted octanol–water partition coefficient (Wildman–Crippen LogP) is 4.78. The number of aryl methyl sites for hydroxylation is 1. The second kappa shape index (κ2) is 9.43. The van der Waals surface area contributed by atoms with Crippen molar-refractivity contribution in [2.75, 3.05) is 12.4 Å². The molecule has 11 heteroatoms. The van der Waals surface area contributed by atoms with Crippen LogP contribution in [0.25, 0.3) is 39.5 Å². The van der Waals surface area contributed by atoms with Gasteiger partial charge in [0.25, 0.3) is 0 Å². The average Bonchev–Trinajstić information content (AvgIpc) is 3.67. The number of fused-ring (bicyclic) bond motifs is 1. The Morgan fingerprint density at radius 1 is 0.974 bits per heavy atom. The zero-order valence-corrected chi connectivity index (χ0v) is 21.4. The van der Waals surface area contributed by atoms with Crippen LogP contribution in [0, 0.1) is 0 Å². The third kappa shape index (κ3) is 4.13. The Morgan fingerprint density at radius 3 is 2.53 bits per heavy atom. The van der Waals surface area contributed by atoms with Gasteiger partial charge in [-0.15, -0.1) is 5.10 Å². The summed E-state index contributed by atoms with van der Waals surface area (Å²) in [5.74, 6) is 2.63. The van der Waals surface area contributed by atoms with Gasteiger partial charge in [-0.2, -0.15) is 5.10 Å². The van der Waals surface area contributed by atoms with E-state index in [1.807, 2.05) is 63.7 Å². The summed E-state index contributed by atoms with van der Waals surface area (Å²) in [7, 11) is 3.48. The summed E-state index contributed by atoms with van der Waals surface area (Å²) < 4.78 is 11.0. The van der Waals surface area contributed by atoms with Crippen LogP contribution in [0.1, 0.15) is 19.9 Å². The fourth-order valence-electron chi connectivity index (χ4n) is 4.35. The molecule has 190 valence electrons. The van der Waals surface area contributed by atoms with E-state index in [-0.39, 0.29) is 6.04 Å². The molecule has 11 nitrogen and oxygen atoms in total. The third-order valence-corrected chi connectivity index (χ3v) is 6.23. The summed E-state index contributed by atoms with van der Waals surface area (Å²) >= 11 is 0. The second-order valence-corrected chi connectivity index (χ2v) is 9.07. The predicted molar refractivity (Wildman–Crippen MR) is 144 cm³/mol. The summed E-state index contributed by atoms with van der Waals surface area (Å²) in [5, 5.41) is 13.1. The van der Waals surface area contributed by atoms with Crippen molar-refractivity contribution in [1.29, 1.82) is 0 Å². The molecule has 1 aromatic carbocycles. The highest BCUT2D eigenvalue weighted by molar-refractivity contribution is 5.99. The molecule has 0 saturated carbocycles. The summed E-state index contributed by atoms with van der Waals surface area (Å²) in [6.45, 7) is 4.21. The normalized spacial score (nSPS) is 11.4. The monoisotopic (exact) mass is 506 g/mol. The van der Waals surface area contributed by atoms with Gasteiger partial charge in [0.2, 0.25) is 11.7 Å². The third-order valence-electron chi connectivity index (χ3n) is 6.23. The van der Waals surface area contributed by atoms with Crippen molar-refractivity contribution in [2.24, 2.45) is 7.05 Å². The average molecular weight is 507 g/mol. The number of anilines is 2. The first-order valence-corrected chi connectivity index (χ1v) is 12.2. The molecule has 1 N–H and O–H groups in total. The maximum Gasteiger partial charge on any atom is 0.218 e. The first-order valence-electron chi connectivity index (χ1n) is 12.2. The largest absolute Gasteiger partial charge is 0.481 e. The van der Waals surface area contributed by atoms with E-state index in [1.165, 1.54) is 6.33 Å². The summed E-state index contributed by atoms with van der Waals surface area (Å²) in [5.41, 5.74) is 4.53. The smallest absolute Gasteiger partial charge is 0.218 e. The number of methoxy groups -OCH3 is 1. The van der Waals surface area contributed by atoms with Crippen molar-refractivity contribution in [3.05, 3.63) is 73.6 Å². The maximum absolute atomic E-state index is 5.30. The molecule has 0 saturated heterocycles. The Balaban J connectivity index is 1.64. The molecule has 0 unspecified atom stereocenters. The lowest BCUT2D eigenvalue weighted by Gasteiger charge is -2.12. The number of aromatic nitrogens is 9. The minimum absolute atomic E-state index is 0.237. The Hall–Kier alpha value is -5.06. The molecular formula is C27H26N10O. The molecule has 0 aliphatic rings. The van der Waals surface area contributed by atoms with Crippen LogP contribution in [0.2, 0.25) is 0 Å². The molecule has 0 spiro atoms. The summed E-state index contributed by atoms with van der Waals surface area (Å²) in [4.78, 5) is 17.9. The van der Waals surface area contributed by atoms with E-state index < -0.39 is 0 Å². The highest BCUT2D eigenvalue weighted by Crippen LogP contribution is 2.40. The summed E-state index contributed by atoms with van der Waals surface area (Å²) in [6, 6.07) is 14.1. The minimum Gasteiger partial charge on any atom is -0.481 e. The molecule has 5 heterocycles. The van der Waals surface area contributed by atoms with Gasteiger partial charge in [0.15, 0.2) is 11.6 Å². The van der Waals surface area contributed by atoms with Crippen molar-refractivity contribution in [3.8, 4) is 39.9 Å². The van der Waals surface area contributed by atoms with E-state index in [1.54, 1.807) is 19.4 Å². The van der Waals surface area contributed by atoms with Gasteiger partial charge in [-0.3, -0.25) is 4.68 Å². The lowest BCUT2D eigenvalue weighted by Crippen LogP contribution is -2.07. The fourth-order valence-corrected chi connectivity index (χ4v) is 4.35. The first kappa shape index (κ1) is 23.3.